The van der Waals surface area contributed by atoms with E-state index in [2.05, 4.69) is 24.8 Å². The molecule has 1 saturated heterocycles. The molecule has 3 nitrogen and oxygen atoms in total. The molecule has 1 heterocycles. The van der Waals surface area contributed by atoms with Crippen molar-refractivity contribution in [3.63, 3.8) is 0 Å². The normalized spacial score (nSPS) is 36.2. The van der Waals surface area contributed by atoms with Gasteiger partial charge in [0.1, 0.15) is 0 Å². The number of rotatable bonds is 1. The van der Waals surface area contributed by atoms with Gasteiger partial charge in [0, 0.05) is 6.04 Å². The van der Waals surface area contributed by atoms with Crippen molar-refractivity contribution in [2.75, 3.05) is 13.6 Å². The molecule has 3 unspecified atom stereocenters. The van der Waals surface area contributed by atoms with Crippen LogP contribution in [-0.2, 0) is 0 Å². The zero-order valence-electron chi connectivity index (χ0n) is 8.57. The van der Waals surface area contributed by atoms with Gasteiger partial charge in [0.05, 0.1) is 18.1 Å². The quantitative estimate of drug-likeness (QED) is 0.654. The summed E-state index contributed by atoms with van der Waals surface area (Å²) >= 11 is 0. The van der Waals surface area contributed by atoms with E-state index in [0.29, 0.717) is 5.92 Å². The monoisotopic (exact) mass is 182 g/mol. The van der Waals surface area contributed by atoms with E-state index in [1.807, 2.05) is 7.05 Å². The highest BCUT2D eigenvalue weighted by Crippen LogP contribution is 2.26. The van der Waals surface area contributed by atoms with Gasteiger partial charge in [-0.15, -0.1) is 0 Å². The molecule has 0 saturated carbocycles. The summed E-state index contributed by atoms with van der Waals surface area (Å²) in [6, 6.07) is 2.32. The zero-order chi connectivity index (χ0) is 10.0. The lowest BCUT2D eigenvalue weighted by atomic mass is 9.84. The van der Waals surface area contributed by atoms with Crippen molar-refractivity contribution < 1.29 is 5.11 Å². The highest BCUT2D eigenvalue weighted by atomic mass is 16.3. The molecule has 3 atom stereocenters. The second-order valence-electron chi connectivity index (χ2n) is 4.23. The van der Waals surface area contributed by atoms with Gasteiger partial charge >= 0.3 is 0 Å². The van der Waals surface area contributed by atoms with Gasteiger partial charge in [-0.1, -0.05) is 13.8 Å². The topological polar surface area (TPSA) is 47.3 Å². The first-order valence-corrected chi connectivity index (χ1v) is 4.86. The highest BCUT2D eigenvalue weighted by molar-refractivity contribution is 4.98. The number of nitrogens with zero attached hydrogens (tertiary/aromatic N) is 2. The van der Waals surface area contributed by atoms with E-state index in [9.17, 15) is 5.11 Å². The Bertz CT molecular complexity index is 209. The molecule has 0 aromatic rings. The fourth-order valence-corrected chi connectivity index (χ4v) is 2.21. The van der Waals surface area contributed by atoms with Crippen LogP contribution in [0, 0.1) is 23.2 Å². The summed E-state index contributed by atoms with van der Waals surface area (Å²) in [5.74, 6) is 0.222. The zero-order valence-corrected chi connectivity index (χ0v) is 8.57. The number of aliphatic hydroxyl groups is 1. The third-order valence-corrected chi connectivity index (χ3v) is 2.91. The smallest absolute Gasteiger partial charge is 0.0856 e. The molecule has 74 valence electrons. The molecule has 0 aromatic carbocycles. The summed E-state index contributed by atoms with van der Waals surface area (Å²) in [4.78, 5) is 2.16. The Balaban J connectivity index is 2.73. The molecule has 1 aliphatic heterocycles. The van der Waals surface area contributed by atoms with E-state index in [1.165, 1.54) is 0 Å². The van der Waals surface area contributed by atoms with E-state index < -0.39 is 6.10 Å². The maximum absolute atomic E-state index is 9.91. The average molecular weight is 182 g/mol. The molecule has 1 aliphatic rings. The van der Waals surface area contributed by atoms with E-state index in [0.717, 1.165) is 13.0 Å². The predicted octanol–water partition coefficient (Wildman–Crippen LogP) is 0.847. The molecular formula is C10H18N2O. The summed E-state index contributed by atoms with van der Waals surface area (Å²) in [6.07, 6.45) is 0.306. The molecule has 0 radical (unpaired) electrons. The van der Waals surface area contributed by atoms with Gasteiger partial charge in [-0.05, 0) is 25.9 Å². The molecule has 1 rings (SSSR count). The number of piperidine rings is 1. The minimum absolute atomic E-state index is 0.137. The number of hydrogen-bond acceptors (Lipinski definition) is 3. The fraction of sp³-hybridized carbons (Fsp3) is 0.900. The third kappa shape index (κ3) is 2.01. The maximum Gasteiger partial charge on any atom is 0.0856 e. The largest absolute Gasteiger partial charge is 0.390 e. The van der Waals surface area contributed by atoms with E-state index in [4.69, 9.17) is 5.26 Å². The first-order chi connectivity index (χ1) is 6.07. The molecule has 0 bridgehead atoms. The number of likely N-dealkylation sites (N-methyl/N-ethyl adjacent to an activating group) is 1. The second kappa shape index (κ2) is 4.08. The van der Waals surface area contributed by atoms with Crippen molar-refractivity contribution in [1.29, 1.82) is 5.26 Å². The van der Waals surface area contributed by atoms with Gasteiger partial charge in [-0.25, -0.2) is 0 Å². The van der Waals surface area contributed by atoms with Crippen LogP contribution < -0.4 is 0 Å². The number of aliphatic hydroxyl groups excluding tert-OH is 1. The van der Waals surface area contributed by atoms with Crippen LogP contribution >= 0.6 is 0 Å². The molecular weight excluding hydrogens is 164 g/mol. The van der Waals surface area contributed by atoms with Crippen LogP contribution in [0.25, 0.3) is 0 Å². The van der Waals surface area contributed by atoms with Crippen molar-refractivity contribution in [3.05, 3.63) is 0 Å². The Morgan fingerprint density at radius 2 is 2.15 bits per heavy atom. The molecule has 0 aliphatic carbocycles. The van der Waals surface area contributed by atoms with Gasteiger partial charge in [0.15, 0.2) is 0 Å². The summed E-state index contributed by atoms with van der Waals surface area (Å²) in [6.45, 7) is 5.09. The van der Waals surface area contributed by atoms with Gasteiger partial charge in [-0.2, -0.15) is 5.26 Å². The highest BCUT2D eigenvalue weighted by Gasteiger charge is 2.36. The molecule has 0 aromatic heterocycles. The summed E-state index contributed by atoms with van der Waals surface area (Å²) < 4.78 is 0. The van der Waals surface area contributed by atoms with Gasteiger partial charge in [-0.3, -0.25) is 0 Å². The Labute approximate surface area is 80.0 Å². The molecule has 0 amide bonds. The SMILES string of the molecule is CC(C)C1C(O)C(C#N)CCN1C. The number of hydrogen-bond donors (Lipinski definition) is 1. The first-order valence-electron chi connectivity index (χ1n) is 4.86. The number of nitriles is 1. The van der Waals surface area contributed by atoms with Crippen LogP contribution in [-0.4, -0.2) is 35.7 Å². The van der Waals surface area contributed by atoms with Crippen molar-refractivity contribution in [1.82, 2.24) is 4.90 Å². The van der Waals surface area contributed by atoms with Crippen LogP contribution in [0.2, 0.25) is 0 Å². The van der Waals surface area contributed by atoms with Crippen molar-refractivity contribution in [2.24, 2.45) is 11.8 Å². The standard InChI is InChI=1S/C10H18N2O/c1-7(2)9-10(13)8(6-11)4-5-12(9)3/h7-10,13H,4-5H2,1-3H3. The minimum atomic E-state index is -0.483. The number of likely N-dealkylation sites (tertiary alicyclic amines) is 1. The first kappa shape index (κ1) is 10.5. The molecule has 1 fully saturated rings. The van der Waals surface area contributed by atoms with E-state index in [1.54, 1.807) is 0 Å². The Morgan fingerprint density at radius 1 is 1.54 bits per heavy atom. The maximum atomic E-state index is 9.91. The molecule has 13 heavy (non-hydrogen) atoms. The molecule has 0 spiro atoms. The van der Waals surface area contributed by atoms with Gasteiger partial charge in [0.25, 0.3) is 0 Å². The molecule has 3 heteroatoms. The Hall–Kier alpha value is -0.590. The Morgan fingerprint density at radius 3 is 2.62 bits per heavy atom. The van der Waals surface area contributed by atoms with Gasteiger partial charge in [0.2, 0.25) is 0 Å². The lowest BCUT2D eigenvalue weighted by Gasteiger charge is -2.41. The third-order valence-electron chi connectivity index (χ3n) is 2.91. The van der Waals surface area contributed by atoms with Crippen LogP contribution in [0.15, 0.2) is 0 Å². The van der Waals surface area contributed by atoms with Crippen molar-refractivity contribution in [3.8, 4) is 6.07 Å². The predicted molar refractivity (Wildman–Crippen MR) is 51.0 cm³/mol. The summed E-state index contributed by atoms with van der Waals surface area (Å²) in [5.41, 5.74) is 0. The Kier molecular flexibility index (Phi) is 3.29. The lowest BCUT2D eigenvalue weighted by molar-refractivity contribution is -0.0207. The van der Waals surface area contributed by atoms with Crippen molar-refractivity contribution in [2.45, 2.75) is 32.4 Å². The van der Waals surface area contributed by atoms with Crippen LogP contribution in [0.5, 0.6) is 0 Å². The minimum Gasteiger partial charge on any atom is -0.390 e. The van der Waals surface area contributed by atoms with E-state index in [-0.39, 0.29) is 12.0 Å². The van der Waals surface area contributed by atoms with Crippen LogP contribution in [0.1, 0.15) is 20.3 Å². The fourth-order valence-electron chi connectivity index (χ4n) is 2.21. The lowest BCUT2D eigenvalue weighted by Crippen LogP contribution is -2.52. The second-order valence-corrected chi connectivity index (χ2v) is 4.23. The average Bonchev–Trinajstić information content (AvgIpc) is 2.04. The summed E-state index contributed by atoms with van der Waals surface area (Å²) in [7, 11) is 2.02. The molecule has 1 N–H and O–H groups in total. The van der Waals surface area contributed by atoms with E-state index >= 15 is 0 Å². The van der Waals surface area contributed by atoms with Crippen LogP contribution in [0.3, 0.4) is 0 Å². The summed E-state index contributed by atoms with van der Waals surface area (Å²) in [5, 5.41) is 18.7. The van der Waals surface area contributed by atoms with Gasteiger partial charge < -0.3 is 10.0 Å². The van der Waals surface area contributed by atoms with Crippen LogP contribution in [0.4, 0.5) is 0 Å². The van der Waals surface area contributed by atoms with Crippen molar-refractivity contribution >= 4 is 0 Å².